The molecule has 0 unspecified atom stereocenters. The first-order chi connectivity index (χ1) is 4.74. The Balaban J connectivity index is 2.78. The van der Waals surface area contributed by atoms with E-state index in [0.717, 1.165) is 5.76 Å². The molecule has 0 bridgehead atoms. The molecule has 0 aliphatic heterocycles. The number of nitrogens with zero attached hydrogens (tertiary/aromatic N) is 1. The van der Waals surface area contributed by atoms with Gasteiger partial charge in [0.2, 0.25) is 0 Å². The molecule has 1 rings (SSSR count). The van der Waals surface area contributed by atoms with Crippen molar-refractivity contribution in [3.05, 3.63) is 11.8 Å². The summed E-state index contributed by atoms with van der Waals surface area (Å²) in [6, 6.07) is 1.80. The van der Waals surface area contributed by atoms with Crippen molar-refractivity contribution in [1.29, 1.82) is 0 Å². The maximum Gasteiger partial charge on any atom is 0.254 e. The Kier molecular flexibility index (Phi) is 1.94. The first kappa shape index (κ1) is 7.12. The van der Waals surface area contributed by atoms with Gasteiger partial charge in [-0.3, -0.25) is 0 Å². The summed E-state index contributed by atoms with van der Waals surface area (Å²) in [7, 11) is 1.57. The molecule has 0 N–H and O–H groups in total. The van der Waals surface area contributed by atoms with Crippen LogP contribution in [0.3, 0.4) is 0 Å². The fourth-order valence-corrected chi connectivity index (χ4v) is 0.640. The lowest BCUT2D eigenvalue weighted by atomic mass is 10.2. The molecule has 0 aromatic carbocycles. The highest BCUT2D eigenvalue weighted by molar-refractivity contribution is 5.12. The van der Waals surface area contributed by atoms with Gasteiger partial charge in [0.15, 0.2) is 0 Å². The minimum absolute atomic E-state index is 0.372. The van der Waals surface area contributed by atoms with Gasteiger partial charge in [-0.05, 0) is 5.16 Å². The summed E-state index contributed by atoms with van der Waals surface area (Å²) in [5.41, 5.74) is 0. The molecule has 0 aliphatic rings. The molecular weight excluding hydrogens is 130 g/mol. The molecule has 1 heterocycles. The van der Waals surface area contributed by atoms with Gasteiger partial charge < -0.3 is 9.26 Å². The van der Waals surface area contributed by atoms with Gasteiger partial charge in [0.25, 0.3) is 5.88 Å². The van der Waals surface area contributed by atoms with Gasteiger partial charge in [-0.2, -0.15) is 0 Å². The van der Waals surface area contributed by atoms with Gasteiger partial charge in [-0.15, -0.1) is 0 Å². The van der Waals surface area contributed by atoms with Gasteiger partial charge in [0, 0.05) is 12.0 Å². The highest BCUT2D eigenvalue weighted by Crippen LogP contribution is 2.18. The molecule has 56 valence electrons. The van der Waals surface area contributed by atoms with Crippen molar-refractivity contribution >= 4 is 0 Å². The molecule has 3 nitrogen and oxygen atoms in total. The standard InChI is InChI=1S/C7H11NO2/c1-5(2)6-4-7(9-3)8-10-6/h4-5H,1-3H3. The van der Waals surface area contributed by atoms with Crippen LogP contribution in [0, 0.1) is 0 Å². The van der Waals surface area contributed by atoms with Crippen LogP contribution >= 0.6 is 0 Å². The van der Waals surface area contributed by atoms with Crippen LogP contribution in [0.15, 0.2) is 10.6 Å². The second kappa shape index (κ2) is 2.73. The Morgan fingerprint density at radius 3 is 2.60 bits per heavy atom. The lowest BCUT2D eigenvalue weighted by molar-refractivity contribution is 0.321. The molecule has 0 saturated heterocycles. The van der Waals surface area contributed by atoms with E-state index in [1.807, 2.05) is 13.8 Å². The zero-order valence-electron chi connectivity index (χ0n) is 6.42. The summed E-state index contributed by atoms with van der Waals surface area (Å²) in [5.74, 6) is 1.77. The number of hydrogen-bond donors (Lipinski definition) is 0. The number of rotatable bonds is 2. The Hall–Kier alpha value is -0.990. The highest BCUT2D eigenvalue weighted by Gasteiger charge is 2.06. The average molecular weight is 141 g/mol. The third kappa shape index (κ3) is 1.29. The Morgan fingerprint density at radius 2 is 2.30 bits per heavy atom. The number of hydrogen-bond acceptors (Lipinski definition) is 3. The van der Waals surface area contributed by atoms with Gasteiger partial charge >= 0.3 is 0 Å². The molecular formula is C7H11NO2. The molecule has 0 fully saturated rings. The molecule has 0 amide bonds. The Morgan fingerprint density at radius 1 is 1.60 bits per heavy atom. The van der Waals surface area contributed by atoms with Crippen LogP contribution in [0.1, 0.15) is 25.5 Å². The first-order valence-electron chi connectivity index (χ1n) is 3.24. The van der Waals surface area contributed by atoms with E-state index in [0.29, 0.717) is 11.8 Å². The average Bonchev–Trinajstić information content (AvgIpc) is 2.34. The topological polar surface area (TPSA) is 35.3 Å². The minimum atomic E-state index is 0.372. The second-order valence-corrected chi connectivity index (χ2v) is 2.43. The molecule has 10 heavy (non-hydrogen) atoms. The zero-order chi connectivity index (χ0) is 7.56. The van der Waals surface area contributed by atoms with Gasteiger partial charge in [-0.25, -0.2) is 0 Å². The Labute approximate surface area is 60.0 Å². The van der Waals surface area contributed by atoms with Crippen molar-refractivity contribution in [2.75, 3.05) is 7.11 Å². The van der Waals surface area contributed by atoms with Crippen LogP contribution in [-0.4, -0.2) is 12.3 Å². The normalized spacial score (nSPS) is 10.4. The van der Waals surface area contributed by atoms with Crippen molar-refractivity contribution in [3.63, 3.8) is 0 Å². The van der Waals surface area contributed by atoms with Crippen LogP contribution in [-0.2, 0) is 0 Å². The zero-order valence-corrected chi connectivity index (χ0v) is 6.42. The summed E-state index contributed by atoms with van der Waals surface area (Å²) >= 11 is 0. The molecule has 1 aromatic heterocycles. The van der Waals surface area contributed by atoms with E-state index >= 15 is 0 Å². The van der Waals surface area contributed by atoms with Crippen molar-refractivity contribution in [1.82, 2.24) is 5.16 Å². The maximum atomic E-state index is 4.94. The maximum absolute atomic E-state index is 4.94. The largest absolute Gasteiger partial charge is 0.479 e. The van der Waals surface area contributed by atoms with Crippen molar-refractivity contribution in [2.45, 2.75) is 19.8 Å². The van der Waals surface area contributed by atoms with E-state index in [9.17, 15) is 0 Å². The fraction of sp³-hybridized carbons (Fsp3) is 0.571. The molecule has 0 saturated carbocycles. The van der Waals surface area contributed by atoms with Gasteiger partial charge in [-0.1, -0.05) is 13.8 Å². The summed E-state index contributed by atoms with van der Waals surface area (Å²) in [4.78, 5) is 0. The summed E-state index contributed by atoms with van der Waals surface area (Å²) in [5, 5.41) is 3.66. The van der Waals surface area contributed by atoms with Crippen molar-refractivity contribution < 1.29 is 9.26 Å². The van der Waals surface area contributed by atoms with E-state index in [-0.39, 0.29) is 0 Å². The lowest BCUT2D eigenvalue weighted by Gasteiger charge is -1.92. The lowest BCUT2D eigenvalue weighted by Crippen LogP contribution is -1.81. The van der Waals surface area contributed by atoms with Crippen LogP contribution in [0.5, 0.6) is 5.88 Å². The fourth-order valence-electron chi connectivity index (χ4n) is 0.640. The van der Waals surface area contributed by atoms with E-state index in [1.165, 1.54) is 0 Å². The van der Waals surface area contributed by atoms with Gasteiger partial charge in [0.1, 0.15) is 5.76 Å². The molecule has 0 aliphatic carbocycles. The molecule has 0 spiro atoms. The molecule has 3 heteroatoms. The highest BCUT2D eigenvalue weighted by atomic mass is 16.5. The third-order valence-electron chi connectivity index (χ3n) is 1.28. The SMILES string of the molecule is COc1cc(C(C)C)on1. The van der Waals surface area contributed by atoms with Crippen LogP contribution in [0.25, 0.3) is 0 Å². The summed E-state index contributed by atoms with van der Waals surface area (Å²) < 4.78 is 9.78. The second-order valence-electron chi connectivity index (χ2n) is 2.43. The Bertz CT molecular complexity index is 205. The monoisotopic (exact) mass is 141 g/mol. The predicted octanol–water partition coefficient (Wildman–Crippen LogP) is 1.81. The van der Waals surface area contributed by atoms with Crippen molar-refractivity contribution in [2.24, 2.45) is 0 Å². The van der Waals surface area contributed by atoms with E-state index in [4.69, 9.17) is 9.26 Å². The predicted molar refractivity (Wildman–Crippen MR) is 37.1 cm³/mol. The number of ether oxygens (including phenoxy) is 1. The first-order valence-corrected chi connectivity index (χ1v) is 3.24. The number of aromatic nitrogens is 1. The minimum Gasteiger partial charge on any atom is -0.479 e. The third-order valence-corrected chi connectivity index (χ3v) is 1.28. The molecule has 1 aromatic rings. The van der Waals surface area contributed by atoms with Crippen LogP contribution < -0.4 is 4.74 Å². The quantitative estimate of drug-likeness (QED) is 0.630. The van der Waals surface area contributed by atoms with Gasteiger partial charge in [0.05, 0.1) is 7.11 Å². The molecule has 0 atom stereocenters. The summed E-state index contributed by atoms with van der Waals surface area (Å²) in [6.07, 6.45) is 0. The molecule has 0 radical (unpaired) electrons. The number of methoxy groups -OCH3 is 1. The van der Waals surface area contributed by atoms with Crippen LogP contribution in [0.4, 0.5) is 0 Å². The van der Waals surface area contributed by atoms with Crippen LogP contribution in [0.2, 0.25) is 0 Å². The van der Waals surface area contributed by atoms with E-state index in [1.54, 1.807) is 13.2 Å². The van der Waals surface area contributed by atoms with E-state index in [2.05, 4.69) is 5.16 Å². The van der Waals surface area contributed by atoms with E-state index < -0.39 is 0 Å². The van der Waals surface area contributed by atoms with Crippen molar-refractivity contribution in [3.8, 4) is 5.88 Å². The summed E-state index contributed by atoms with van der Waals surface area (Å²) in [6.45, 7) is 4.08. The smallest absolute Gasteiger partial charge is 0.254 e.